The van der Waals surface area contributed by atoms with E-state index in [-0.39, 0.29) is 37.3 Å². The van der Waals surface area contributed by atoms with Crippen molar-refractivity contribution < 1.29 is 22.7 Å². The van der Waals surface area contributed by atoms with Crippen LogP contribution in [0.3, 0.4) is 0 Å². The lowest BCUT2D eigenvalue weighted by molar-refractivity contribution is -0.166. The molecule has 11 nitrogen and oxygen atoms in total. The highest BCUT2D eigenvalue weighted by molar-refractivity contribution is 5.84. The van der Waals surface area contributed by atoms with E-state index in [1.54, 1.807) is 13.0 Å². The highest BCUT2D eigenvalue weighted by Gasteiger charge is 2.47. The van der Waals surface area contributed by atoms with Crippen LogP contribution in [0.1, 0.15) is 28.4 Å². The number of tetrazole rings is 1. The van der Waals surface area contributed by atoms with Gasteiger partial charge in [0.25, 0.3) is 11.9 Å². The molecule has 3 aromatic rings. The molecule has 0 radical (unpaired) electrons. The molecular weight excluding hydrogens is 479 g/mol. The minimum Gasteiger partial charge on any atom is -0.370 e. The van der Waals surface area contributed by atoms with Gasteiger partial charge in [-0.1, -0.05) is 6.07 Å². The van der Waals surface area contributed by atoms with Gasteiger partial charge in [-0.25, -0.2) is 14.4 Å². The molecule has 0 spiro atoms. The van der Waals surface area contributed by atoms with Gasteiger partial charge in [-0.15, -0.1) is 5.10 Å². The summed E-state index contributed by atoms with van der Waals surface area (Å²) in [6.45, 7) is 2.84. The molecule has 2 unspecified atom stereocenters. The summed E-state index contributed by atoms with van der Waals surface area (Å²) in [6, 6.07) is 4.45. The molecule has 36 heavy (non-hydrogen) atoms. The van der Waals surface area contributed by atoms with E-state index < -0.39 is 29.3 Å². The Morgan fingerprint density at radius 2 is 2.00 bits per heavy atom. The maximum absolute atomic E-state index is 15.0. The quantitative estimate of drug-likeness (QED) is 0.520. The lowest BCUT2D eigenvalue weighted by Gasteiger charge is -2.46. The smallest absolute Gasteiger partial charge is 0.352 e. The lowest BCUT2D eigenvalue weighted by atomic mass is 9.96. The number of rotatable bonds is 4. The number of carbonyl (C=O) groups is 1. The summed E-state index contributed by atoms with van der Waals surface area (Å²) in [6.07, 6.45) is 2.59. The van der Waals surface area contributed by atoms with Crippen molar-refractivity contribution in [3.05, 3.63) is 58.9 Å². The molecule has 14 heteroatoms. The van der Waals surface area contributed by atoms with Crippen LogP contribution >= 0.6 is 0 Å². The number of piperazine rings is 1. The molecule has 2 atom stereocenters. The van der Waals surface area contributed by atoms with Gasteiger partial charge in [0.15, 0.2) is 0 Å². The van der Waals surface area contributed by atoms with E-state index in [1.165, 1.54) is 12.4 Å². The SMILES string of the molecule is Cc1c(C2CN3CCN(C(=O)C(F)(F)c4cnc(-n5cnnn5)nc4)CC3CO2)ccc(F)c1C#N. The number of alkyl halides is 2. The topological polar surface area (TPSA) is 126 Å². The molecule has 2 aliphatic rings. The predicted octanol–water partition coefficient (Wildman–Crippen LogP) is 1.15. The summed E-state index contributed by atoms with van der Waals surface area (Å²) in [5, 5.41) is 19.7. The molecular formula is C22H20F3N9O2. The number of nitrogens with zero attached hydrogens (tertiary/aromatic N) is 9. The van der Waals surface area contributed by atoms with E-state index in [2.05, 4.69) is 30.4 Å². The average Bonchev–Trinajstić information content (AvgIpc) is 3.43. The summed E-state index contributed by atoms with van der Waals surface area (Å²) >= 11 is 0. The molecule has 5 rings (SSSR count). The van der Waals surface area contributed by atoms with Crippen LogP contribution in [0.25, 0.3) is 5.95 Å². The Bertz CT molecular complexity index is 1310. The van der Waals surface area contributed by atoms with E-state index in [1.807, 2.05) is 6.07 Å². The van der Waals surface area contributed by atoms with Gasteiger partial charge in [0.1, 0.15) is 18.2 Å². The molecule has 1 aromatic carbocycles. The van der Waals surface area contributed by atoms with Crippen LogP contribution in [-0.2, 0) is 15.5 Å². The van der Waals surface area contributed by atoms with E-state index >= 15 is 8.78 Å². The maximum Gasteiger partial charge on any atom is 0.352 e. The maximum atomic E-state index is 15.0. The van der Waals surface area contributed by atoms with Gasteiger partial charge in [-0.2, -0.15) is 18.7 Å². The van der Waals surface area contributed by atoms with Crippen molar-refractivity contribution in [1.29, 1.82) is 5.26 Å². The molecule has 0 N–H and O–H groups in total. The van der Waals surface area contributed by atoms with Crippen LogP contribution in [0.2, 0.25) is 0 Å². The van der Waals surface area contributed by atoms with Crippen LogP contribution < -0.4 is 0 Å². The largest absolute Gasteiger partial charge is 0.370 e. The Kier molecular flexibility index (Phi) is 6.10. The zero-order valence-corrected chi connectivity index (χ0v) is 19.1. The van der Waals surface area contributed by atoms with E-state index in [4.69, 9.17) is 4.74 Å². The first-order valence-corrected chi connectivity index (χ1v) is 11.1. The highest BCUT2D eigenvalue weighted by Crippen LogP contribution is 2.33. The van der Waals surface area contributed by atoms with Crippen molar-refractivity contribution in [1.82, 2.24) is 40.0 Å². The van der Waals surface area contributed by atoms with Crippen LogP contribution in [-0.4, -0.2) is 84.7 Å². The molecule has 0 aliphatic carbocycles. The Morgan fingerprint density at radius 3 is 2.69 bits per heavy atom. The number of ether oxygens (including phenoxy) is 1. The molecule has 0 bridgehead atoms. The van der Waals surface area contributed by atoms with Gasteiger partial charge in [0.2, 0.25) is 0 Å². The molecule has 2 saturated heterocycles. The number of aromatic nitrogens is 6. The number of amides is 1. The summed E-state index contributed by atoms with van der Waals surface area (Å²) < 4.78 is 51.1. The van der Waals surface area contributed by atoms with Gasteiger partial charge in [0.05, 0.1) is 29.9 Å². The zero-order valence-electron chi connectivity index (χ0n) is 19.1. The highest BCUT2D eigenvalue weighted by atomic mass is 19.3. The number of hydrogen-bond acceptors (Lipinski definition) is 9. The van der Waals surface area contributed by atoms with Crippen molar-refractivity contribution in [2.75, 3.05) is 32.8 Å². The van der Waals surface area contributed by atoms with Crippen LogP contribution in [0.5, 0.6) is 0 Å². The Hall–Kier alpha value is -3.96. The van der Waals surface area contributed by atoms with Crippen molar-refractivity contribution in [3.8, 4) is 12.0 Å². The number of morpholine rings is 1. The minimum absolute atomic E-state index is 0.00666. The molecule has 2 fully saturated rings. The second-order valence-corrected chi connectivity index (χ2v) is 8.57. The first kappa shape index (κ1) is 23.8. The van der Waals surface area contributed by atoms with Gasteiger partial charge < -0.3 is 9.64 Å². The van der Waals surface area contributed by atoms with Gasteiger partial charge in [-0.3, -0.25) is 9.69 Å². The van der Waals surface area contributed by atoms with Crippen molar-refractivity contribution in [2.45, 2.75) is 25.0 Å². The average molecular weight is 499 g/mol. The second-order valence-electron chi connectivity index (χ2n) is 8.57. The fourth-order valence-electron chi connectivity index (χ4n) is 4.51. The summed E-state index contributed by atoms with van der Waals surface area (Å²) in [5.41, 5.74) is 0.571. The number of benzene rings is 1. The van der Waals surface area contributed by atoms with Crippen molar-refractivity contribution in [3.63, 3.8) is 0 Å². The summed E-state index contributed by atoms with van der Waals surface area (Å²) in [4.78, 5) is 23.6. The second kappa shape index (κ2) is 9.25. The third-order valence-electron chi connectivity index (χ3n) is 6.52. The normalized spacial score (nSPS) is 20.6. The van der Waals surface area contributed by atoms with Crippen LogP contribution in [0.15, 0.2) is 30.9 Å². The lowest BCUT2D eigenvalue weighted by Crippen LogP contribution is -2.61. The third-order valence-corrected chi connectivity index (χ3v) is 6.52. The van der Waals surface area contributed by atoms with Crippen LogP contribution in [0, 0.1) is 24.1 Å². The molecule has 2 aromatic heterocycles. The molecule has 4 heterocycles. The number of fused-ring (bicyclic) bond motifs is 1. The first-order chi connectivity index (χ1) is 17.3. The fraction of sp³-hybridized carbons (Fsp3) is 0.409. The van der Waals surface area contributed by atoms with Gasteiger partial charge >= 0.3 is 5.92 Å². The Morgan fingerprint density at radius 1 is 1.22 bits per heavy atom. The predicted molar refractivity (Wildman–Crippen MR) is 115 cm³/mol. The molecule has 1 amide bonds. The Balaban J connectivity index is 1.25. The number of halogens is 3. The standard InChI is InChI=1S/C22H20F3N9O2/c1-13-16(2-3-18(23)17(13)6-26)19-10-32-4-5-33(9-15(32)11-36-19)20(35)22(24,25)14-7-27-21(28-8-14)34-12-29-30-31-34/h2-3,7-8,12,15,19H,4-5,9-11H2,1H3. The molecule has 0 saturated carbocycles. The summed E-state index contributed by atoms with van der Waals surface area (Å²) in [5.74, 6) is -5.75. The van der Waals surface area contributed by atoms with Crippen molar-refractivity contribution >= 4 is 5.91 Å². The number of nitriles is 1. The number of carbonyl (C=O) groups excluding carboxylic acids is 1. The van der Waals surface area contributed by atoms with E-state index in [9.17, 15) is 14.4 Å². The minimum atomic E-state index is -3.82. The third kappa shape index (κ3) is 4.16. The summed E-state index contributed by atoms with van der Waals surface area (Å²) in [7, 11) is 0. The van der Waals surface area contributed by atoms with E-state index in [0.29, 0.717) is 24.2 Å². The number of hydrogen-bond donors (Lipinski definition) is 0. The van der Waals surface area contributed by atoms with Crippen molar-refractivity contribution in [2.24, 2.45) is 0 Å². The van der Waals surface area contributed by atoms with E-state index in [0.717, 1.165) is 22.0 Å². The molecule has 2 aliphatic heterocycles. The Labute approximate surface area is 203 Å². The molecule has 186 valence electrons. The zero-order chi connectivity index (χ0) is 25.4. The first-order valence-electron chi connectivity index (χ1n) is 11.1. The van der Waals surface area contributed by atoms with Crippen LogP contribution in [0.4, 0.5) is 13.2 Å². The van der Waals surface area contributed by atoms with Gasteiger partial charge in [0, 0.05) is 38.6 Å². The van der Waals surface area contributed by atoms with Gasteiger partial charge in [-0.05, 0) is 34.5 Å². The monoisotopic (exact) mass is 499 g/mol. The fourth-order valence-corrected chi connectivity index (χ4v) is 4.51.